The van der Waals surface area contributed by atoms with Crippen LogP contribution in [0.1, 0.15) is 31.4 Å². The average Bonchev–Trinajstić information content (AvgIpc) is 3.04. The molecule has 0 aliphatic heterocycles. The van der Waals surface area contributed by atoms with E-state index in [-0.39, 0.29) is 0 Å². The first-order valence-corrected chi connectivity index (χ1v) is 6.94. The van der Waals surface area contributed by atoms with E-state index in [1.165, 1.54) is 31.1 Å². The molecule has 1 heterocycles. The van der Waals surface area contributed by atoms with Crippen LogP contribution in [0.4, 0.5) is 0 Å². The lowest BCUT2D eigenvalue weighted by Gasteiger charge is -2.11. The number of guanidine groups is 1. The second-order valence-corrected chi connectivity index (χ2v) is 5.21. The second kappa shape index (κ2) is 5.34. The third-order valence-electron chi connectivity index (χ3n) is 3.71. The summed E-state index contributed by atoms with van der Waals surface area (Å²) in [6, 6.07) is 10.9. The molecule has 1 saturated carbocycles. The van der Waals surface area contributed by atoms with Crippen molar-refractivity contribution in [3.8, 4) is 0 Å². The monoisotopic (exact) mass is 256 g/mol. The molecule has 0 spiro atoms. The predicted molar refractivity (Wildman–Crippen MR) is 79.0 cm³/mol. The van der Waals surface area contributed by atoms with Crippen molar-refractivity contribution in [1.82, 2.24) is 10.3 Å². The van der Waals surface area contributed by atoms with Crippen LogP contribution in [0.15, 0.2) is 35.3 Å². The van der Waals surface area contributed by atoms with Gasteiger partial charge in [-0.25, -0.2) is 4.99 Å². The number of fused-ring (bicyclic) bond motifs is 1. The van der Waals surface area contributed by atoms with Crippen LogP contribution in [0.5, 0.6) is 0 Å². The summed E-state index contributed by atoms with van der Waals surface area (Å²) in [6.45, 7) is 0.597. The van der Waals surface area contributed by atoms with Crippen molar-refractivity contribution < 1.29 is 0 Å². The van der Waals surface area contributed by atoms with Gasteiger partial charge < -0.3 is 16.0 Å². The van der Waals surface area contributed by atoms with Gasteiger partial charge in [-0.2, -0.15) is 0 Å². The first kappa shape index (κ1) is 12.1. The Hall–Kier alpha value is -1.97. The van der Waals surface area contributed by atoms with Crippen LogP contribution < -0.4 is 11.1 Å². The summed E-state index contributed by atoms with van der Waals surface area (Å²) in [5.74, 6) is 0.561. The third-order valence-corrected chi connectivity index (χ3v) is 3.71. The molecule has 4 N–H and O–H groups in total. The molecule has 4 nitrogen and oxygen atoms in total. The normalized spacial score (nSPS) is 17.2. The molecule has 1 aliphatic carbocycles. The average molecular weight is 256 g/mol. The molecule has 100 valence electrons. The summed E-state index contributed by atoms with van der Waals surface area (Å²) in [7, 11) is 0. The quantitative estimate of drug-likeness (QED) is 0.583. The molecule has 0 unspecified atom stereocenters. The van der Waals surface area contributed by atoms with Crippen molar-refractivity contribution in [2.45, 2.75) is 38.3 Å². The number of nitrogens with two attached hydrogens (primary N) is 1. The number of benzene rings is 1. The van der Waals surface area contributed by atoms with Crippen molar-refractivity contribution in [3.63, 3.8) is 0 Å². The van der Waals surface area contributed by atoms with Crippen LogP contribution in [0.3, 0.4) is 0 Å². The number of H-pyrrole nitrogens is 1. The second-order valence-electron chi connectivity index (χ2n) is 5.21. The molecule has 1 aromatic carbocycles. The van der Waals surface area contributed by atoms with E-state index in [4.69, 9.17) is 5.73 Å². The largest absolute Gasteiger partial charge is 0.370 e. The van der Waals surface area contributed by atoms with Crippen molar-refractivity contribution in [2.24, 2.45) is 10.7 Å². The Morgan fingerprint density at radius 3 is 2.89 bits per heavy atom. The number of rotatable bonds is 3. The number of aromatic amines is 1. The Labute approximate surface area is 113 Å². The van der Waals surface area contributed by atoms with Crippen LogP contribution in [0.25, 0.3) is 10.9 Å². The molecule has 1 aliphatic rings. The number of hydrogen-bond donors (Lipinski definition) is 3. The summed E-state index contributed by atoms with van der Waals surface area (Å²) >= 11 is 0. The van der Waals surface area contributed by atoms with Crippen LogP contribution in [-0.4, -0.2) is 17.0 Å². The van der Waals surface area contributed by atoms with Gasteiger partial charge in [0.2, 0.25) is 0 Å². The van der Waals surface area contributed by atoms with Gasteiger partial charge in [0.25, 0.3) is 0 Å². The predicted octanol–water partition coefficient (Wildman–Crippen LogP) is 2.51. The highest BCUT2D eigenvalue weighted by molar-refractivity contribution is 5.81. The van der Waals surface area contributed by atoms with E-state index in [0.717, 1.165) is 11.2 Å². The van der Waals surface area contributed by atoms with Crippen molar-refractivity contribution >= 4 is 16.9 Å². The summed E-state index contributed by atoms with van der Waals surface area (Å²) in [5.41, 5.74) is 8.16. The maximum Gasteiger partial charge on any atom is 0.189 e. The molecule has 0 bridgehead atoms. The zero-order valence-electron chi connectivity index (χ0n) is 11.0. The van der Waals surface area contributed by atoms with Crippen molar-refractivity contribution in [2.75, 3.05) is 0 Å². The lowest BCUT2D eigenvalue weighted by molar-refractivity contribution is 0.625. The summed E-state index contributed by atoms with van der Waals surface area (Å²) in [5, 5.41) is 4.51. The number of para-hydroxylation sites is 1. The molecule has 3 rings (SSSR count). The van der Waals surface area contributed by atoms with Gasteiger partial charge in [0.15, 0.2) is 5.96 Å². The Morgan fingerprint density at radius 2 is 2.11 bits per heavy atom. The summed E-state index contributed by atoms with van der Waals surface area (Å²) < 4.78 is 0. The Balaban J connectivity index is 1.63. The van der Waals surface area contributed by atoms with E-state index in [1.54, 1.807) is 0 Å². The maximum atomic E-state index is 5.92. The molecule has 1 aromatic heterocycles. The smallest absolute Gasteiger partial charge is 0.189 e. The Morgan fingerprint density at radius 1 is 1.32 bits per heavy atom. The molecule has 1 fully saturated rings. The molecule has 19 heavy (non-hydrogen) atoms. The number of nitrogens with one attached hydrogen (secondary N) is 2. The van der Waals surface area contributed by atoms with E-state index in [1.807, 2.05) is 12.1 Å². The molecule has 0 amide bonds. The van der Waals surface area contributed by atoms with Crippen LogP contribution in [0.2, 0.25) is 0 Å². The zero-order chi connectivity index (χ0) is 13.1. The molecular formula is C15H20N4. The fourth-order valence-electron chi connectivity index (χ4n) is 2.71. The van der Waals surface area contributed by atoms with Gasteiger partial charge in [-0.1, -0.05) is 31.0 Å². The van der Waals surface area contributed by atoms with Gasteiger partial charge in [-0.3, -0.25) is 0 Å². The highest BCUT2D eigenvalue weighted by Gasteiger charge is 2.14. The Kier molecular flexibility index (Phi) is 3.40. The van der Waals surface area contributed by atoms with E-state index < -0.39 is 0 Å². The van der Waals surface area contributed by atoms with Crippen LogP contribution in [-0.2, 0) is 6.54 Å². The van der Waals surface area contributed by atoms with Gasteiger partial charge in [0.05, 0.1) is 6.54 Å². The number of aromatic nitrogens is 1. The highest BCUT2D eigenvalue weighted by atomic mass is 15.1. The van der Waals surface area contributed by atoms with Gasteiger partial charge in [-0.15, -0.1) is 0 Å². The highest BCUT2D eigenvalue weighted by Crippen LogP contribution is 2.17. The van der Waals surface area contributed by atoms with Gasteiger partial charge in [-0.05, 0) is 30.4 Å². The first-order valence-electron chi connectivity index (χ1n) is 6.94. The number of hydrogen-bond acceptors (Lipinski definition) is 1. The third kappa shape index (κ3) is 2.89. The fourth-order valence-corrected chi connectivity index (χ4v) is 2.71. The van der Waals surface area contributed by atoms with E-state index >= 15 is 0 Å². The SMILES string of the molecule is NC(=NCc1cc2ccccc2[nH]1)NC1CCCC1. The Bertz CT molecular complexity index is 546. The molecule has 4 heteroatoms. The number of aliphatic imine (C=N–C) groups is 1. The molecule has 0 atom stereocenters. The summed E-state index contributed by atoms with van der Waals surface area (Å²) in [4.78, 5) is 7.76. The van der Waals surface area contributed by atoms with Gasteiger partial charge >= 0.3 is 0 Å². The maximum absolute atomic E-state index is 5.92. The minimum atomic E-state index is 0.520. The lowest BCUT2D eigenvalue weighted by Crippen LogP contribution is -2.38. The first-order chi connectivity index (χ1) is 9.31. The fraction of sp³-hybridized carbons (Fsp3) is 0.400. The van der Waals surface area contributed by atoms with Crippen LogP contribution >= 0.6 is 0 Å². The number of nitrogens with zero attached hydrogens (tertiary/aromatic N) is 1. The van der Waals surface area contributed by atoms with Gasteiger partial charge in [0.1, 0.15) is 0 Å². The van der Waals surface area contributed by atoms with Crippen molar-refractivity contribution in [3.05, 3.63) is 36.0 Å². The standard InChI is InChI=1S/C15H20N4/c16-15(19-12-6-2-3-7-12)17-10-13-9-11-5-1-4-8-14(11)18-13/h1,4-5,8-9,12,18H,2-3,6-7,10H2,(H3,16,17,19). The minimum absolute atomic E-state index is 0.520. The lowest BCUT2D eigenvalue weighted by atomic mass is 10.2. The van der Waals surface area contributed by atoms with Crippen molar-refractivity contribution in [1.29, 1.82) is 0 Å². The van der Waals surface area contributed by atoms with E-state index in [9.17, 15) is 0 Å². The minimum Gasteiger partial charge on any atom is -0.370 e. The molecule has 0 saturated heterocycles. The molecule has 0 radical (unpaired) electrons. The zero-order valence-corrected chi connectivity index (χ0v) is 11.0. The molecule has 2 aromatic rings. The summed E-state index contributed by atoms with van der Waals surface area (Å²) in [6.07, 6.45) is 5.02. The van der Waals surface area contributed by atoms with E-state index in [2.05, 4.69) is 33.5 Å². The topological polar surface area (TPSA) is 66.2 Å². The van der Waals surface area contributed by atoms with Crippen LogP contribution in [0, 0.1) is 0 Å². The van der Waals surface area contributed by atoms with Gasteiger partial charge in [0, 0.05) is 17.3 Å². The van der Waals surface area contributed by atoms with E-state index in [0.29, 0.717) is 18.5 Å². The molecular weight excluding hydrogens is 236 g/mol.